The number of nitro benzene ring substituents is 1. The van der Waals surface area contributed by atoms with Crippen LogP contribution in [0.5, 0.6) is 0 Å². The Morgan fingerprint density at radius 2 is 1.56 bits per heavy atom. The van der Waals surface area contributed by atoms with E-state index in [-0.39, 0.29) is 5.69 Å². The lowest BCUT2D eigenvalue weighted by atomic mass is 10.3. The molecule has 0 amide bonds. The zero-order chi connectivity index (χ0) is 13.0. The normalized spacial score (nSPS) is 12.1. The molecule has 0 spiro atoms. The minimum Gasteiger partial charge on any atom is -0.326 e. The molecule has 18 heavy (non-hydrogen) atoms. The van der Waals surface area contributed by atoms with E-state index >= 15 is 0 Å². The smallest absolute Gasteiger partial charge is 0.269 e. The Morgan fingerprint density at radius 1 is 1.00 bits per heavy atom. The van der Waals surface area contributed by atoms with Crippen LogP contribution in [-0.4, -0.2) is 11.2 Å². The van der Waals surface area contributed by atoms with Gasteiger partial charge in [-0.15, -0.1) is 0 Å². The van der Waals surface area contributed by atoms with E-state index in [2.05, 4.69) is 0 Å². The minimum absolute atomic E-state index is 0.110. The van der Waals surface area contributed by atoms with Gasteiger partial charge < -0.3 is 5.73 Å². The second-order valence-corrected chi connectivity index (χ2v) is 5.97. The van der Waals surface area contributed by atoms with E-state index in [1.807, 2.05) is 30.3 Å². The highest BCUT2D eigenvalue weighted by Gasteiger charge is 2.13. The predicted octanol–water partition coefficient (Wildman–Crippen LogP) is 1.94. The van der Waals surface area contributed by atoms with E-state index in [1.165, 1.54) is 17.4 Å². The predicted molar refractivity (Wildman–Crippen MR) is 74.8 cm³/mol. The van der Waals surface area contributed by atoms with Crippen molar-refractivity contribution in [2.75, 3.05) is 6.29 Å². The summed E-state index contributed by atoms with van der Waals surface area (Å²) >= 11 is 0. The average Bonchev–Trinajstić information content (AvgIpc) is 2.41. The van der Waals surface area contributed by atoms with Crippen molar-refractivity contribution in [1.29, 1.82) is 0 Å². The van der Waals surface area contributed by atoms with E-state index in [9.17, 15) is 10.1 Å². The fourth-order valence-corrected chi connectivity index (χ4v) is 3.48. The van der Waals surface area contributed by atoms with Crippen molar-refractivity contribution in [3.8, 4) is 0 Å². The molecule has 1 atom stereocenters. The topological polar surface area (TPSA) is 69.2 Å². The number of hydrogen-bond donors (Lipinski definition) is 1. The Hall–Kier alpha value is -1.77. The molecule has 0 bridgehead atoms. The maximum absolute atomic E-state index is 10.6. The molecule has 1 unspecified atom stereocenters. The third kappa shape index (κ3) is 2.73. The van der Waals surface area contributed by atoms with Crippen LogP contribution in [-0.2, 0) is 0 Å². The zero-order valence-corrected chi connectivity index (χ0v) is 10.6. The van der Waals surface area contributed by atoms with Gasteiger partial charge in [-0.3, -0.25) is 10.1 Å². The summed E-state index contributed by atoms with van der Waals surface area (Å²) in [6, 6.07) is 16.7. The van der Waals surface area contributed by atoms with Crippen LogP contribution in [0.4, 0.5) is 5.69 Å². The van der Waals surface area contributed by atoms with Crippen molar-refractivity contribution in [2.45, 2.75) is 0 Å². The number of nitrogens with two attached hydrogens (primary N) is 1. The number of rotatable bonds is 4. The molecule has 2 N–H and O–H groups in total. The van der Waals surface area contributed by atoms with Gasteiger partial charge in [-0.25, -0.2) is 0 Å². The molecule has 0 saturated carbocycles. The molecule has 2 aromatic carbocycles. The highest BCUT2D eigenvalue weighted by Crippen LogP contribution is 2.31. The first-order valence-corrected chi connectivity index (χ1v) is 7.02. The van der Waals surface area contributed by atoms with Crippen molar-refractivity contribution in [3.63, 3.8) is 0 Å². The maximum atomic E-state index is 10.6. The number of nitrogens with zero attached hydrogens (tertiary/aromatic N) is 1. The van der Waals surface area contributed by atoms with E-state index in [1.54, 1.807) is 12.1 Å². The standard InChI is InChI=1S/C13H13N2O2P/c14-10-18(12-4-2-1-3-5-12)13-8-6-11(7-9-13)15(16)17/h1-9H,10,14H2. The first-order chi connectivity index (χ1) is 8.72. The van der Waals surface area contributed by atoms with E-state index < -0.39 is 12.8 Å². The monoisotopic (exact) mass is 260 g/mol. The Morgan fingerprint density at radius 3 is 2.06 bits per heavy atom. The van der Waals surface area contributed by atoms with Gasteiger partial charge in [-0.2, -0.15) is 0 Å². The van der Waals surface area contributed by atoms with Crippen LogP contribution in [0.2, 0.25) is 0 Å². The molecule has 0 radical (unpaired) electrons. The molecule has 0 aromatic heterocycles. The van der Waals surface area contributed by atoms with Gasteiger partial charge in [0.1, 0.15) is 0 Å². The molecular formula is C13H13N2O2P. The van der Waals surface area contributed by atoms with Gasteiger partial charge in [0.05, 0.1) is 4.92 Å². The van der Waals surface area contributed by atoms with Gasteiger partial charge in [0.15, 0.2) is 0 Å². The lowest BCUT2D eigenvalue weighted by molar-refractivity contribution is -0.384. The van der Waals surface area contributed by atoms with Crippen molar-refractivity contribution < 1.29 is 4.92 Å². The molecule has 5 heteroatoms. The van der Waals surface area contributed by atoms with Gasteiger partial charge in [0.2, 0.25) is 0 Å². The molecule has 0 saturated heterocycles. The third-order valence-corrected chi connectivity index (χ3v) is 4.83. The Labute approximate surface area is 106 Å². The summed E-state index contributed by atoms with van der Waals surface area (Å²) in [5, 5.41) is 12.9. The first kappa shape index (κ1) is 12.7. The lowest BCUT2D eigenvalue weighted by Gasteiger charge is -2.15. The van der Waals surface area contributed by atoms with Crippen molar-refractivity contribution in [1.82, 2.24) is 0 Å². The van der Waals surface area contributed by atoms with E-state index in [0.29, 0.717) is 6.29 Å². The van der Waals surface area contributed by atoms with Gasteiger partial charge in [-0.1, -0.05) is 30.3 Å². The number of nitro groups is 1. The molecule has 92 valence electrons. The molecule has 0 heterocycles. The molecule has 0 aliphatic carbocycles. The van der Waals surface area contributed by atoms with Crippen LogP contribution >= 0.6 is 7.92 Å². The van der Waals surface area contributed by atoms with Gasteiger partial charge in [0, 0.05) is 18.4 Å². The second-order valence-electron chi connectivity index (χ2n) is 3.72. The van der Waals surface area contributed by atoms with Crippen molar-refractivity contribution in [2.24, 2.45) is 5.73 Å². The van der Waals surface area contributed by atoms with E-state index in [4.69, 9.17) is 5.73 Å². The highest BCUT2D eigenvalue weighted by molar-refractivity contribution is 7.72. The third-order valence-electron chi connectivity index (χ3n) is 2.62. The first-order valence-electron chi connectivity index (χ1n) is 5.49. The van der Waals surface area contributed by atoms with Crippen LogP contribution in [0.25, 0.3) is 0 Å². The number of benzene rings is 2. The van der Waals surface area contributed by atoms with Crippen LogP contribution in [0.15, 0.2) is 54.6 Å². The van der Waals surface area contributed by atoms with Crippen LogP contribution < -0.4 is 16.3 Å². The molecule has 4 nitrogen and oxygen atoms in total. The largest absolute Gasteiger partial charge is 0.326 e. The molecular weight excluding hydrogens is 247 g/mol. The molecule has 0 aliphatic rings. The summed E-state index contributed by atoms with van der Waals surface area (Å²) in [6.45, 7) is 0. The van der Waals surface area contributed by atoms with Crippen molar-refractivity contribution >= 4 is 24.2 Å². The fraction of sp³-hybridized carbons (Fsp3) is 0.0769. The van der Waals surface area contributed by atoms with Crippen LogP contribution in [0.1, 0.15) is 0 Å². The molecule has 2 rings (SSSR count). The summed E-state index contributed by atoms with van der Waals surface area (Å²) < 4.78 is 0. The van der Waals surface area contributed by atoms with E-state index in [0.717, 1.165) is 5.30 Å². The number of hydrogen-bond acceptors (Lipinski definition) is 3. The highest BCUT2D eigenvalue weighted by atomic mass is 31.1. The molecule has 2 aromatic rings. The summed E-state index contributed by atoms with van der Waals surface area (Å²) in [4.78, 5) is 10.2. The molecule has 0 fully saturated rings. The Balaban J connectivity index is 2.31. The number of non-ortho nitro benzene ring substituents is 1. The molecule has 0 aliphatic heterocycles. The maximum Gasteiger partial charge on any atom is 0.269 e. The Kier molecular flexibility index (Phi) is 4.03. The Bertz CT molecular complexity index is 528. The van der Waals surface area contributed by atoms with Crippen molar-refractivity contribution in [3.05, 3.63) is 64.7 Å². The minimum atomic E-state index is -0.625. The quantitative estimate of drug-likeness (QED) is 0.519. The fourth-order valence-electron chi connectivity index (χ4n) is 1.72. The van der Waals surface area contributed by atoms with Gasteiger partial charge in [0.25, 0.3) is 5.69 Å². The SMILES string of the molecule is NCP(c1ccccc1)c1ccc([N+](=O)[O-])cc1. The zero-order valence-electron chi connectivity index (χ0n) is 9.69. The van der Waals surface area contributed by atoms with Crippen LogP contribution in [0.3, 0.4) is 0 Å². The average molecular weight is 260 g/mol. The summed E-state index contributed by atoms with van der Waals surface area (Å²) in [5.74, 6) is 0. The summed E-state index contributed by atoms with van der Waals surface area (Å²) in [6.07, 6.45) is 0.539. The van der Waals surface area contributed by atoms with Gasteiger partial charge in [-0.05, 0) is 30.7 Å². The van der Waals surface area contributed by atoms with Gasteiger partial charge >= 0.3 is 0 Å². The second kappa shape index (κ2) is 5.71. The summed E-state index contributed by atoms with van der Waals surface area (Å²) in [5.41, 5.74) is 5.94. The van der Waals surface area contributed by atoms with Crippen LogP contribution in [0, 0.1) is 10.1 Å². The lowest BCUT2D eigenvalue weighted by Crippen LogP contribution is -2.17. The summed E-state index contributed by atoms with van der Waals surface area (Å²) in [7, 11) is -0.625.